The van der Waals surface area contributed by atoms with Crippen molar-refractivity contribution in [3.63, 3.8) is 0 Å². The molecule has 0 saturated carbocycles. The molecule has 0 spiro atoms. The van der Waals surface area contributed by atoms with Crippen molar-refractivity contribution < 1.29 is 23.8 Å². The summed E-state index contributed by atoms with van der Waals surface area (Å²) in [5.74, 6) is 1.98. The van der Waals surface area contributed by atoms with Crippen molar-refractivity contribution in [3.05, 3.63) is 53.6 Å². The van der Waals surface area contributed by atoms with E-state index in [1.807, 2.05) is 63.2 Å². The molecule has 2 aromatic carbocycles. The van der Waals surface area contributed by atoms with Crippen molar-refractivity contribution in [3.8, 4) is 17.2 Å². The van der Waals surface area contributed by atoms with Crippen LogP contribution in [-0.2, 0) is 22.6 Å². The van der Waals surface area contributed by atoms with Crippen LogP contribution in [0.4, 0.5) is 0 Å². The van der Waals surface area contributed by atoms with Crippen LogP contribution >= 0.6 is 0 Å². The highest BCUT2D eigenvalue weighted by molar-refractivity contribution is 5.88. The van der Waals surface area contributed by atoms with Gasteiger partial charge in [-0.15, -0.1) is 0 Å². The minimum Gasteiger partial charge on any atom is -0.497 e. The first-order valence-electron chi connectivity index (χ1n) is 12.1. The van der Waals surface area contributed by atoms with Crippen LogP contribution in [0.25, 0.3) is 0 Å². The summed E-state index contributed by atoms with van der Waals surface area (Å²) < 4.78 is 16.6. The highest BCUT2D eigenvalue weighted by atomic mass is 16.6. The lowest BCUT2D eigenvalue weighted by molar-refractivity contribution is -0.141. The fourth-order valence-electron chi connectivity index (χ4n) is 3.97. The van der Waals surface area contributed by atoms with E-state index in [2.05, 4.69) is 5.32 Å². The Bertz CT molecular complexity index is 977. The fourth-order valence-corrected chi connectivity index (χ4v) is 3.97. The summed E-state index contributed by atoms with van der Waals surface area (Å²) in [4.78, 5) is 28.3. The number of rotatable bonds is 11. The van der Waals surface area contributed by atoms with E-state index in [9.17, 15) is 9.59 Å². The summed E-state index contributed by atoms with van der Waals surface area (Å²) >= 11 is 0. The summed E-state index contributed by atoms with van der Waals surface area (Å²) in [6, 6.07) is 12.9. The third-order valence-electron chi connectivity index (χ3n) is 6.11. The topological polar surface area (TPSA) is 77.1 Å². The molecule has 1 aliphatic heterocycles. The monoisotopic (exact) mass is 468 g/mol. The van der Waals surface area contributed by atoms with Gasteiger partial charge in [0.2, 0.25) is 11.8 Å². The highest BCUT2D eigenvalue weighted by Gasteiger charge is 2.29. The smallest absolute Gasteiger partial charge is 0.243 e. The molecular weight excluding hydrogens is 432 g/mol. The van der Waals surface area contributed by atoms with Crippen LogP contribution in [0.1, 0.15) is 51.2 Å². The molecule has 0 saturated heterocycles. The second-order valence-electron chi connectivity index (χ2n) is 8.59. The van der Waals surface area contributed by atoms with Crippen molar-refractivity contribution in [2.24, 2.45) is 0 Å². The Morgan fingerprint density at radius 3 is 2.50 bits per heavy atom. The Hall–Kier alpha value is -3.22. The first-order valence-corrected chi connectivity index (χ1v) is 12.1. The molecule has 2 atom stereocenters. The number of ether oxygens (including phenoxy) is 3. The lowest BCUT2D eigenvalue weighted by Gasteiger charge is -2.31. The summed E-state index contributed by atoms with van der Waals surface area (Å²) in [6.45, 7) is 7.34. The van der Waals surface area contributed by atoms with E-state index >= 15 is 0 Å². The van der Waals surface area contributed by atoms with Gasteiger partial charge in [-0.1, -0.05) is 32.0 Å². The Kier molecular flexibility index (Phi) is 9.19. The van der Waals surface area contributed by atoms with E-state index in [4.69, 9.17) is 14.2 Å². The predicted molar refractivity (Wildman–Crippen MR) is 131 cm³/mol. The van der Waals surface area contributed by atoms with Gasteiger partial charge in [0.25, 0.3) is 0 Å². The van der Waals surface area contributed by atoms with E-state index in [0.717, 1.165) is 29.0 Å². The number of amides is 2. The molecule has 1 aliphatic rings. The molecule has 0 bridgehead atoms. The van der Waals surface area contributed by atoms with Crippen molar-refractivity contribution in [1.82, 2.24) is 10.2 Å². The van der Waals surface area contributed by atoms with Crippen LogP contribution in [0, 0.1) is 0 Å². The summed E-state index contributed by atoms with van der Waals surface area (Å²) in [6.07, 6.45) is 2.20. The van der Waals surface area contributed by atoms with Crippen LogP contribution in [0.3, 0.4) is 0 Å². The van der Waals surface area contributed by atoms with Crippen molar-refractivity contribution in [2.45, 2.75) is 65.1 Å². The highest BCUT2D eigenvalue weighted by Crippen LogP contribution is 2.31. The minimum atomic E-state index is -0.548. The summed E-state index contributed by atoms with van der Waals surface area (Å²) in [7, 11) is 1.61. The number of fused-ring (bicyclic) bond motifs is 1. The molecule has 0 aliphatic carbocycles. The number of aryl methyl sites for hydroxylation is 1. The van der Waals surface area contributed by atoms with Crippen molar-refractivity contribution >= 4 is 11.8 Å². The molecule has 34 heavy (non-hydrogen) atoms. The van der Waals surface area contributed by atoms with Gasteiger partial charge in [-0.25, -0.2) is 0 Å². The Labute approximate surface area is 202 Å². The molecule has 7 heteroatoms. The van der Waals surface area contributed by atoms with Crippen LogP contribution in [0.15, 0.2) is 42.5 Å². The van der Waals surface area contributed by atoms with Gasteiger partial charge >= 0.3 is 0 Å². The van der Waals surface area contributed by atoms with E-state index < -0.39 is 6.04 Å². The number of hydrogen-bond acceptors (Lipinski definition) is 5. The number of methoxy groups -OCH3 is 1. The maximum Gasteiger partial charge on any atom is 0.243 e. The van der Waals surface area contributed by atoms with Gasteiger partial charge in [0, 0.05) is 19.0 Å². The number of carbonyl (C=O) groups is 2. The molecule has 0 aromatic heterocycles. The molecule has 184 valence electrons. The molecule has 3 rings (SSSR count). The fraction of sp³-hybridized carbons (Fsp3) is 0.481. The second kappa shape index (κ2) is 12.3. The van der Waals surface area contributed by atoms with E-state index in [1.54, 1.807) is 12.0 Å². The average molecular weight is 469 g/mol. The second-order valence-corrected chi connectivity index (χ2v) is 8.59. The lowest BCUT2D eigenvalue weighted by atomic mass is 10.0. The SMILES string of the molecule is CC[C@H](C(=O)N[C@@H](C)CC)N(Cc1cccc(OC)c1)C(=O)CCc1ccc2c(c1)OCCO2. The lowest BCUT2D eigenvalue weighted by Crippen LogP contribution is -2.50. The first kappa shape index (κ1) is 25.4. The quantitative estimate of drug-likeness (QED) is 0.537. The van der Waals surface area contributed by atoms with Crippen LogP contribution in [-0.4, -0.2) is 49.1 Å². The van der Waals surface area contributed by atoms with Crippen molar-refractivity contribution in [2.75, 3.05) is 20.3 Å². The average Bonchev–Trinajstić information content (AvgIpc) is 2.86. The van der Waals surface area contributed by atoms with E-state index in [-0.39, 0.29) is 24.3 Å². The number of carbonyl (C=O) groups excluding carboxylic acids is 2. The van der Waals surface area contributed by atoms with Gasteiger partial charge in [0.1, 0.15) is 25.0 Å². The van der Waals surface area contributed by atoms with Gasteiger partial charge in [0.15, 0.2) is 11.5 Å². The van der Waals surface area contributed by atoms with Gasteiger partial charge in [-0.2, -0.15) is 0 Å². The molecule has 0 unspecified atom stereocenters. The minimum absolute atomic E-state index is 0.0491. The van der Waals surface area contributed by atoms with Crippen LogP contribution < -0.4 is 19.5 Å². The number of hydrogen-bond donors (Lipinski definition) is 1. The van der Waals surface area contributed by atoms with E-state index in [0.29, 0.717) is 38.3 Å². The number of benzene rings is 2. The number of nitrogens with zero attached hydrogens (tertiary/aromatic N) is 1. The van der Waals surface area contributed by atoms with Gasteiger partial charge in [-0.05, 0) is 61.6 Å². The zero-order valence-corrected chi connectivity index (χ0v) is 20.6. The molecule has 7 nitrogen and oxygen atoms in total. The molecule has 2 amide bonds. The largest absolute Gasteiger partial charge is 0.497 e. The molecule has 2 aromatic rings. The predicted octanol–water partition coefficient (Wildman–Crippen LogP) is 4.12. The normalized spacial score (nSPS) is 14.1. The summed E-state index contributed by atoms with van der Waals surface area (Å²) in [5.41, 5.74) is 1.91. The first-order chi connectivity index (χ1) is 16.4. The third-order valence-corrected chi connectivity index (χ3v) is 6.11. The van der Waals surface area contributed by atoms with Crippen LogP contribution in [0.2, 0.25) is 0 Å². The molecule has 0 fully saturated rings. The van der Waals surface area contributed by atoms with Gasteiger partial charge in [0.05, 0.1) is 7.11 Å². The molecular formula is C27H36N2O5. The van der Waals surface area contributed by atoms with Gasteiger partial charge < -0.3 is 24.4 Å². The van der Waals surface area contributed by atoms with Crippen molar-refractivity contribution in [1.29, 1.82) is 0 Å². The maximum absolute atomic E-state index is 13.5. The van der Waals surface area contributed by atoms with Crippen LogP contribution in [0.5, 0.6) is 17.2 Å². The van der Waals surface area contributed by atoms with E-state index in [1.165, 1.54) is 0 Å². The Balaban J connectivity index is 1.77. The molecule has 1 N–H and O–H groups in total. The maximum atomic E-state index is 13.5. The summed E-state index contributed by atoms with van der Waals surface area (Å²) in [5, 5.41) is 3.04. The molecule has 0 radical (unpaired) electrons. The Morgan fingerprint density at radius 1 is 1.03 bits per heavy atom. The van der Waals surface area contributed by atoms with Gasteiger partial charge in [-0.3, -0.25) is 9.59 Å². The zero-order chi connectivity index (χ0) is 24.5. The zero-order valence-electron chi connectivity index (χ0n) is 20.6. The Morgan fingerprint density at radius 2 is 1.79 bits per heavy atom. The third kappa shape index (κ3) is 6.65. The standard InChI is InChI=1S/C27H36N2O5/c1-5-19(3)28-27(31)23(6-2)29(18-21-8-7-9-22(16-21)32-4)26(30)13-11-20-10-12-24-25(17-20)34-15-14-33-24/h7-10,12,16-17,19,23H,5-6,11,13-15,18H2,1-4H3,(H,28,31)/t19-,23+/m0/s1. The molecule has 1 heterocycles. The number of nitrogens with one attached hydrogen (secondary N) is 1.